The van der Waals surface area contributed by atoms with Crippen LogP contribution in [0.2, 0.25) is 0 Å². The number of hydrogen-bond donors (Lipinski definition) is 0. The molecule has 2 heterocycles. The highest BCUT2D eigenvalue weighted by Gasteiger charge is 2.50. The van der Waals surface area contributed by atoms with Crippen molar-refractivity contribution in [2.24, 2.45) is 0 Å². The van der Waals surface area contributed by atoms with Crippen LogP contribution >= 0.6 is 0 Å². The van der Waals surface area contributed by atoms with Gasteiger partial charge in [-0.25, -0.2) is 8.42 Å². The van der Waals surface area contributed by atoms with Crippen molar-refractivity contribution in [3.8, 4) is 5.75 Å². The standard InChI is InChI=1S/C21H25N3O4S/c1-22-14-20(25)24(17-7-4-3-5-8-17)16-21(22)11-12-23(15-21)29(26,27)19-10-6-9-18(13-19)28-2/h3-10,13H,11-12,14-16H2,1-2H3/t21-/m0/s1. The second kappa shape index (κ2) is 7.44. The molecule has 2 aromatic carbocycles. The number of sulfonamides is 1. The Hall–Kier alpha value is -2.42. The summed E-state index contributed by atoms with van der Waals surface area (Å²) in [7, 11) is -0.221. The van der Waals surface area contributed by atoms with Gasteiger partial charge in [0, 0.05) is 31.4 Å². The highest BCUT2D eigenvalue weighted by molar-refractivity contribution is 7.89. The van der Waals surface area contributed by atoms with Crippen molar-refractivity contribution < 1.29 is 17.9 Å². The van der Waals surface area contributed by atoms with Crippen LogP contribution in [0.1, 0.15) is 6.42 Å². The molecule has 0 aliphatic carbocycles. The molecule has 2 aliphatic heterocycles. The van der Waals surface area contributed by atoms with Crippen molar-refractivity contribution in [3.63, 3.8) is 0 Å². The van der Waals surface area contributed by atoms with E-state index < -0.39 is 15.6 Å². The highest BCUT2D eigenvalue weighted by atomic mass is 32.2. The summed E-state index contributed by atoms with van der Waals surface area (Å²) in [6, 6.07) is 16.1. The largest absolute Gasteiger partial charge is 0.497 e. The number of methoxy groups -OCH3 is 1. The van der Waals surface area contributed by atoms with E-state index in [0.717, 1.165) is 5.69 Å². The lowest BCUT2D eigenvalue weighted by atomic mass is 9.92. The Balaban J connectivity index is 1.60. The summed E-state index contributed by atoms with van der Waals surface area (Å²) in [6.07, 6.45) is 0.670. The van der Waals surface area contributed by atoms with Crippen LogP contribution < -0.4 is 9.64 Å². The lowest BCUT2D eigenvalue weighted by molar-refractivity contribution is -0.123. The lowest BCUT2D eigenvalue weighted by Gasteiger charge is -2.46. The van der Waals surface area contributed by atoms with Crippen LogP contribution in [0.25, 0.3) is 0 Å². The molecule has 8 heteroatoms. The van der Waals surface area contributed by atoms with Gasteiger partial charge in [-0.3, -0.25) is 9.69 Å². The molecule has 1 atom stereocenters. The van der Waals surface area contributed by atoms with E-state index in [-0.39, 0.29) is 17.3 Å². The Kier molecular flexibility index (Phi) is 5.10. The van der Waals surface area contributed by atoms with Gasteiger partial charge < -0.3 is 9.64 Å². The van der Waals surface area contributed by atoms with Crippen LogP contribution in [-0.2, 0) is 14.8 Å². The Morgan fingerprint density at radius 3 is 2.52 bits per heavy atom. The second-order valence-electron chi connectivity index (χ2n) is 7.66. The van der Waals surface area contributed by atoms with Gasteiger partial charge in [0.25, 0.3) is 0 Å². The number of piperazine rings is 1. The average molecular weight is 416 g/mol. The third-order valence-corrected chi connectivity index (χ3v) is 7.82. The minimum atomic E-state index is -3.64. The predicted octanol–water partition coefficient (Wildman–Crippen LogP) is 1.81. The van der Waals surface area contributed by atoms with E-state index in [1.807, 2.05) is 42.3 Å². The lowest BCUT2D eigenvalue weighted by Crippen LogP contribution is -2.64. The topological polar surface area (TPSA) is 70.2 Å². The molecule has 4 rings (SSSR count). The monoisotopic (exact) mass is 415 g/mol. The summed E-state index contributed by atoms with van der Waals surface area (Å²) < 4.78 is 33.1. The van der Waals surface area contributed by atoms with E-state index in [2.05, 4.69) is 0 Å². The number of anilines is 1. The summed E-state index contributed by atoms with van der Waals surface area (Å²) in [5.74, 6) is 0.536. The van der Waals surface area contributed by atoms with Crippen LogP contribution in [0.4, 0.5) is 5.69 Å². The van der Waals surface area contributed by atoms with Gasteiger partial charge >= 0.3 is 0 Å². The molecule has 1 spiro atoms. The number of hydrogen-bond acceptors (Lipinski definition) is 5. The maximum Gasteiger partial charge on any atom is 0.243 e. The van der Waals surface area contributed by atoms with E-state index >= 15 is 0 Å². The van der Waals surface area contributed by atoms with Gasteiger partial charge in [0.1, 0.15) is 5.75 Å². The number of para-hydroxylation sites is 1. The molecule has 0 unspecified atom stereocenters. The van der Waals surface area contributed by atoms with Gasteiger partial charge in [-0.15, -0.1) is 0 Å². The number of likely N-dealkylation sites (N-methyl/N-ethyl adjacent to an activating group) is 1. The number of ether oxygens (including phenoxy) is 1. The first-order valence-electron chi connectivity index (χ1n) is 9.57. The van der Waals surface area contributed by atoms with Gasteiger partial charge in [0.2, 0.25) is 15.9 Å². The number of nitrogens with zero attached hydrogens (tertiary/aromatic N) is 3. The van der Waals surface area contributed by atoms with Gasteiger partial charge in [-0.2, -0.15) is 4.31 Å². The molecule has 2 aliphatic rings. The minimum absolute atomic E-state index is 0.0263. The molecule has 0 N–H and O–H groups in total. The molecule has 0 aromatic heterocycles. The normalized spacial score (nSPS) is 23.7. The number of rotatable bonds is 4. The highest BCUT2D eigenvalue weighted by Crippen LogP contribution is 2.36. The third kappa shape index (κ3) is 3.52. The van der Waals surface area contributed by atoms with E-state index in [4.69, 9.17) is 4.74 Å². The fourth-order valence-electron chi connectivity index (χ4n) is 4.18. The van der Waals surface area contributed by atoms with E-state index in [0.29, 0.717) is 31.8 Å². The van der Waals surface area contributed by atoms with Crippen molar-refractivity contribution in [3.05, 3.63) is 54.6 Å². The molecule has 2 saturated heterocycles. The van der Waals surface area contributed by atoms with Crippen molar-refractivity contribution in [2.75, 3.05) is 45.2 Å². The maximum atomic E-state index is 13.2. The Bertz CT molecular complexity index is 1010. The third-order valence-electron chi connectivity index (χ3n) is 5.98. The molecular weight excluding hydrogens is 390 g/mol. The van der Waals surface area contributed by atoms with Crippen LogP contribution in [0.3, 0.4) is 0 Å². The van der Waals surface area contributed by atoms with Gasteiger partial charge in [-0.1, -0.05) is 24.3 Å². The fourth-order valence-corrected chi connectivity index (χ4v) is 5.73. The van der Waals surface area contributed by atoms with Crippen molar-refractivity contribution >= 4 is 21.6 Å². The number of carbonyl (C=O) groups is 1. The number of amides is 1. The molecule has 154 valence electrons. The summed E-state index contributed by atoms with van der Waals surface area (Å²) >= 11 is 0. The maximum absolute atomic E-state index is 13.2. The predicted molar refractivity (Wildman–Crippen MR) is 111 cm³/mol. The van der Waals surface area contributed by atoms with Crippen molar-refractivity contribution in [1.82, 2.24) is 9.21 Å². The zero-order chi connectivity index (χ0) is 20.6. The molecule has 0 bridgehead atoms. The second-order valence-corrected chi connectivity index (χ2v) is 9.60. The molecule has 2 fully saturated rings. The van der Waals surface area contributed by atoms with Crippen molar-refractivity contribution in [1.29, 1.82) is 0 Å². The Morgan fingerprint density at radius 1 is 1.03 bits per heavy atom. The van der Waals surface area contributed by atoms with E-state index in [1.54, 1.807) is 29.2 Å². The molecule has 0 saturated carbocycles. The molecule has 29 heavy (non-hydrogen) atoms. The van der Waals surface area contributed by atoms with Crippen LogP contribution in [0, 0.1) is 0 Å². The van der Waals surface area contributed by atoms with Crippen LogP contribution in [-0.4, -0.2) is 69.4 Å². The first-order chi connectivity index (χ1) is 13.9. The van der Waals surface area contributed by atoms with Crippen molar-refractivity contribution in [2.45, 2.75) is 16.9 Å². The van der Waals surface area contributed by atoms with Crippen LogP contribution in [0.15, 0.2) is 59.5 Å². The summed E-state index contributed by atoms with van der Waals surface area (Å²) in [5.41, 5.74) is 0.439. The van der Waals surface area contributed by atoms with Gasteiger partial charge in [0.05, 0.1) is 24.1 Å². The Morgan fingerprint density at radius 2 is 1.79 bits per heavy atom. The molecule has 2 aromatic rings. The molecule has 7 nitrogen and oxygen atoms in total. The van der Waals surface area contributed by atoms with E-state index in [9.17, 15) is 13.2 Å². The van der Waals surface area contributed by atoms with E-state index in [1.165, 1.54) is 11.4 Å². The molecule has 0 radical (unpaired) electrons. The van der Waals surface area contributed by atoms with Gasteiger partial charge in [0.15, 0.2) is 0 Å². The quantitative estimate of drug-likeness (QED) is 0.762. The zero-order valence-electron chi connectivity index (χ0n) is 16.6. The summed E-state index contributed by atoms with van der Waals surface area (Å²) in [4.78, 5) is 16.7. The SMILES string of the molecule is COc1cccc(S(=O)(=O)N2CC[C@@]3(CN(c4ccccc4)C(=O)CN3C)C2)c1. The zero-order valence-corrected chi connectivity index (χ0v) is 17.4. The minimum Gasteiger partial charge on any atom is -0.497 e. The fraction of sp³-hybridized carbons (Fsp3) is 0.381. The molecular formula is C21H25N3O4S. The van der Waals surface area contributed by atoms with Gasteiger partial charge in [-0.05, 0) is 37.7 Å². The first-order valence-corrected chi connectivity index (χ1v) is 11.0. The average Bonchev–Trinajstić information content (AvgIpc) is 3.18. The Labute approximate surface area is 171 Å². The van der Waals surface area contributed by atoms with Crippen LogP contribution in [0.5, 0.6) is 5.75 Å². The summed E-state index contributed by atoms with van der Waals surface area (Å²) in [6.45, 7) is 1.50. The summed E-state index contributed by atoms with van der Waals surface area (Å²) in [5, 5.41) is 0. The molecule has 1 amide bonds. The first kappa shape index (κ1) is 19.9. The number of benzene rings is 2. The number of carbonyl (C=O) groups excluding carboxylic acids is 1. The smallest absolute Gasteiger partial charge is 0.243 e.